The molecule has 3 rings (SSSR count). The third-order valence-electron chi connectivity index (χ3n) is 3.57. The topological polar surface area (TPSA) is 43.3 Å². The Morgan fingerprint density at radius 2 is 1.85 bits per heavy atom. The average Bonchev–Trinajstić information content (AvgIpc) is 2.79. The van der Waals surface area contributed by atoms with Gasteiger partial charge in [-0.25, -0.2) is 4.98 Å². The van der Waals surface area contributed by atoms with Gasteiger partial charge in [0.05, 0.1) is 5.69 Å². The zero-order valence-corrected chi connectivity index (χ0v) is 12.9. The summed E-state index contributed by atoms with van der Waals surface area (Å²) in [6, 6.07) is 14.4. The van der Waals surface area contributed by atoms with E-state index in [1.54, 1.807) is 0 Å². The second-order valence-electron chi connectivity index (χ2n) is 4.89. The predicted molar refractivity (Wildman–Crippen MR) is 85.9 cm³/mol. The number of rotatable bonds is 3. The van der Waals surface area contributed by atoms with Crippen molar-refractivity contribution in [1.29, 1.82) is 0 Å². The van der Waals surface area contributed by atoms with Crippen LogP contribution >= 0.6 is 15.9 Å². The standard InChI is InChI=1S/C16H16BrN3/c1-11-13(17)8-10-15-19-14(16(18)20(11)15)9-7-12-5-3-2-4-6-12/h2-6,8,10H,7,9,18H2,1H3. The molecule has 2 heterocycles. The van der Waals surface area contributed by atoms with Gasteiger partial charge < -0.3 is 5.73 Å². The summed E-state index contributed by atoms with van der Waals surface area (Å²) in [5, 5.41) is 0. The Balaban J connectivity index is 1.93. The van der Waals surface area contributed by atoms with Gasteiger partial charge in [0.1, 0.15) is 11.5 Å². The van der Waals surface area contributed by atoms with Crippen molar-refractivity contribution in [2.75, 3.05) is 5.73 Å². The molecule has 3 nitrogen and oxygen atoms in total. The van der Waals surface area contributed by atoms with Gasteiger partial charge in [-0.05, 0) is 53.4 Å². The summed E-state index contributed by atoms with van der Waals surface area (Å²) >= 11 is 3.53. The molecular weight excluding hydrogens is 314 g/mol. The van der Waals surface area contributed by atoms with Gasteiger partial charge >= 0.3 is 0 Å². The van der Waals surface area contributed by atoms with Crippen molar-refractivity contribution in [3.63, 3.8) is 0 Å². The minimum absolute atomic E-state index is 0.745. The van der Waals surface area contributed by atoms with E-state index >= 15 is 0 Å². The number of hydrogen-bond acceptors (Lipinski definition) is 2. The number of aryl methyl sites for hydroxylation is 3. The van der Waals surface area contributed by atoms with E-state index in [9.17, 15) is 0 Å². The number of aromatic nitrogens is 2. The molecule has 0 unspecified atom stereocenters. The first-order valence-electron chi connectivity index (χ1n) is 6.62. The molecule has 0 fully saturated rings. The Morgan fingerprint density at radius 1 is 1.10 bits per heavy atom. The predicted octanol–water partition coefficient (Wildman–Crippen LogP) is 3.77. The molecule has 0 aliphatic heterocycles. The molecule has 4 heteroatoms. The van der Waals surface area contributed by atoms with Gasteiger partial charge in [-0.2, -0.15) is 0 Å². The van der Waals surface area contributed by atoms with Gasteiger partial charge in [0.25, 0.3) is 0 Å². The Hall–Kier alpha value is -1.81. The van der Waals surface area contributed by atoms with Crippen molar-refractivity contribution < 1.29 is 0 Å². The van der Waals surface area contributed by atoms with Gasteiger partial charge in [0.15, 0.2) is 0 Å². The van der Waals surface area contributed by atoms with Crippen molar-refractivity contribution in [3.8, 4) is 0 Å². The summed E-state index contributed by atoms with van der Waals surface area (Å²) in [5.74, 6) is 0.745. The summed E-state index contributed by atoms with van der Waals surface area (Å²) in [6.45, 7) is 2.04. The zero-order chi connectivity index (χ0) is 14.1. The molecule has 0 saturated heterocycles. The van der Waals surface area contributed by atoms with E-state index < -0.39 is 0 Å². The van der Waals surface area contributed by atoms with Crippen LogP contribution in [0.2, 0.25) is 0 Å². The number of benzene rings is 1. The highest BCUT2D eigenvalue weighted by Gasteiger charge is 2.12. The number of nitrogen functional groups attached to an aromatic ring is 1. The molecule has 0 radical (unpaired) electrons. The maximum Gasteiger partial charge on any atom is 0.138 e. The smallest absolute Gasteiger partial charge is 0.138 e. The van der Waals surface area contributed by atoms with E-state index in [1.807, 2.05) is 29.5 Å². The number of pyridine rings is 1. The third kappa shape index (κ3) is 2.31. The number of hydrogen-bond donors (Lipinski definition) is 1. The molecule has 0 bridgehead atoms. The summed E-state index contributed by atoms with van der Waals surface area (Å²) < 4.78 is 3.05. The lowest BCUT2D eigenvalue weighted by Crippen LogP contribution is -2.00. The van der Waals surface area contributed by atoms with Gasteiger partial charge in [0, 0.05) is 10.2 Å². The molecule has 0 saturated carbocycles. The van der Waals surface area contributed by atoms with Crippen LogP contribution in [0.15, 0.2) is 46.9 Å². The summed E-state index contributed by atoms with van der Waals surface area (Å²) in [5.41, 5.74) is 10.5. The van der Waals surface area contributed by atoms with E-state index in [0.29, 0.717) is 0 Å². The van der Waals surface area contributed by atoms with E-state index in [-0.39, 0.29) is 0 Å². The van der Waals surface area contributed by atoms with Crippen LogP contribution in [0.1, 0.15) is 17.0 Å². The number of halogens is 1. The van der Waals surface area contributed by atoms with Gasteiger partial charge in [-0.15, -0.1) is 0 Å². The van der Waals surface area contributed by atoms with Crippen LogP contribution in [0.25, 0.3) is 5.65 Å². The first-order valence-corrected chi connectivity index (χ1v) is 7.42. The number of nitrogens with zero attached hydrogens (tertiary/aromatic N) is 2. The van der Waals surface area contributed by atoms with E-state index in [0.717, 1.165) is 40.2 Å². The summed E-state index contributed by atoms with van der Waals surface area (Å²) in [7, 11) is 0. The first kappa shape index (κ1) is 13.2. The Kier molecular flexibility index (Phi) is 3.49. The molecule has 1 aromatic carbocycles. The number of anilines is 1. The highest BCUT2D eigenvalue weighted by atomic mass is 79.9. The fraction of sp³-hybridized carbons (Fsp3) is 0.188. The molecule has 3 aromatic rings. The minimum atomic E-state index is 0.745. The third-order valence-corrected chi connectivity index (χ3v) is 4.41. The normalized spacial score (nSPS) is 11.1. The fourth-order valence-electron chi connectivity index (χ4n) is 2.43. The second kappa shape index (κ2) is 5.29. The lowest BCUT2D eigenvalue weighted by atomic mass is 10.1. The quantitative estimate of drug-likeness (QED) is 0.794. The van der Waals surface area contributed by atoms with Gasteiger partial charge in [0.2, 0.25) is 0 Å². The van der Waals surface area contributed by atoms with Crippen LogP contribution in [0.4, 0.5) is 5.82 Å². The average molecular weight is 330 g/mol. The van der Waals surface area contributed by atoms with Crippen LogP contribution in [0.5, 0.6) is 0 Å². The van der Waals surface area contributed by atoms with Crippen LogP contribution in [-0.4, -0.2) is 9.38 Å². The maximum atomic E-state index is 6.25. The summed E-state index contributed by atoms with van der Waals surface area (Å²) in [4.78, 5) is 4.65. The molecule has 0 aliphatic carbocycles. The van der Waals surface area contributed by atoms with Crippen molar-refractivity contribution in [2.24, 2.45) is 0 Å². The molecule has 0 spiro atoms. The molecule has 2 aromatic heterocycles. The van der Waals surface area contributed by atoms with Crippen molar-refractivity contribution >= 4 is 27.4 Å². The lowest BCUT2D eigenvalue weighted by Gasteiger charge is -2.04. The van der Waals surface area contributed by atoms with Gasteiger partial charge in [-0.1, -0.05) is 30.3 Å². The van der Waals surface area contributed by atoms with E-state index in [2.05, 4.69) is 45.2 Å². The van der Waals surface area contributed by atoms with Crippen molar-refractivity contribution in [3.05, 3.63) is 63.9 Å². The molecule has 0 aliphatic rings. The first-order chi connectivity index (χ1) is 9.66. The summed E-state index contributed by atoms with van der Waals surface area (Å²) in [6.07, 6.45) is 1.81. The van der Waals surface area contributed by atoms with Crippen molar-refractivity contribution in [1.82, 2.24) is 9.38 Å². The molecule has 0 atom stereocenters. The van der Waals surface area contributed by atoms with Crippen LogP contribution in [0.3, 0.4) is 0 Å². The number of fused-ring (bicyclic) bond motifs is 1. The molecular formula is C16H16BrN3. The minimum Gasteiger partial charge on any atom is -0.383 e. The highest BCUT2D eigenvalue weighted by molar-refractivity contribution is 9.10. The number of nitrogens with two attached hydrogens (primary N) is 1. The SMILES string of the molecule is Cc1c(Br)ccc2nc(CCc3ccccc3)c(N)n12. The molecule has 20 heavy (non-hydrogen) atoms. The zero-order valence-electron chi connectivity index (χ0n) is 11.3. The second-order valence-corrected chi connectivity index (χ2v) is 5.74. The van der Waals surface area contributed by atoms with Crippen LogP contribution in [-0.2, 0) is 12.8 Å². The molecule has 0 amide bonds. The van der Waals surface area contributed by atoms with E-state index in [1.165, 1.54) is 5.56 Å². The van der Waals surface area contributed by atoms with Gasteiger partial charge in [-0.3, -0.25) is 4.40 Å². The monoisotopic (exact) mass is 329 g/mol. The Bertz CT molecular complexity index is 747. The molecule has 2 N–H and O–H groups in total. The van der Waals surface area contributed by atoms with Crippen LogP contribution in [0, 0.1) is 6.92 Å². The largest absolute Gasteiger partial charge is 0.383 e. The van der Waals surface area contributed by atoms with Crippen LogP contribution < -0.4 is 5.73 Å². The maximum absolute atomic E-state index is 6.25. The Labute approximate surface area is 126 Å². The van der Waals surface area contributed by atoms with Crippen molar-refractivity contribution in [2.45, 2.75) is 19.8 Å². The number of imidazole rings is 1. The highest BCUT2D eigenvalue weighted by Crippen LogP contribution is 2.23. The molecule has 102 valence electrons. The Morgan fingerprint density at radius 3 is 2.60 bits per heavy atom. The van der Waals surface area contributed by atoms with E-state index in [4.69, 9.17) is 5.73 Å². The lowest BCUT2D eigenvalue weighted by molar-refractivity contribution is 0.930. The fourth-order valence-corrected chi connectivity index (χ4v) is 2.74.